The second-order valence-electron chi connectivity index (χ2n) is 5.56. The maximum absolute atomic E-state index is 12.8. The van der Waals surface area contributed by atoms with E-state index in [0.717, 1.165) is 12.1 Å². The lowest BCUT2D eigenvalue weighted by Gasteiger charge is -2.15. The van der Waals surface area contributed by atoms with Crippen LogP contribution >= 0.6 is 23.2 Å². The Morgan fingerprint density at radius 2 is 1.75 bits per heavy atom. The normalized spacial score (nSPS) is 12.2. The lowest BCUT2D eigenvalue weighted by molar-refractivity contribution is -0.155. The lowest BCUT2D eigenvalue weighted by atomic mass is 10.2. The Morgan fingerprint density at radius 1 is 1.11 bits per heavy atom. The molecule has 28 heavy (non-hydrogen) atoms. The zero-order chi connectivity index (χ0) is 20.9. The molecule has 0 fully saturated rings. The van der Waals surface area contributed by atoms with Crippen molar-refractivity contribution in [3.05, 3.63) is 58.1 Å². The van der Waals surface area contributed by atoms with Gasteiger partial charge < -0.3 is 14.8 Å². The second kappa shape index (κ2) is 9.16. The number of benzene rings is 2. The molecule has 0 heterocycles. The molecule has 2 aromatic carbocycles. The van der Waals surface area contributed by atoms with Gasteiger partial charge in [-0.2, -0.15) is 13.2 Å². The minimum atomic E-state index is -4.60. The average molecular weight is 436 g/mol. The zero-order valence-corrected chi connectivity index (χ0v) is 15.9. The number of hydrogen-bond donors (Lipinski definition) is 1. The van der Waals surface area contributed by atoms with Crippen LogP contribution in [0.4, 0.5) is 18.9 Å². The number of alkyl halides is 3. The number of rotatable bonds is 6. The minimum absolute atomic E-state index is 0.0917. The van der Waals surface area contributed by atoms with E-state index in [1.807, 2.05) is 0 Å². The molecule has 0 spiro atoms. The Morgan fingerprint density at radius 3 is 2.36 bits per heavy atom. The van der Waals surface area contributed by atoms with Crippen LogP contribution in [0.1, 0.15) is 12.5 Å². The van der Waals surface area contributed by atoms with E-state index in [1.54, 1.807) is 24.3 Å². The second-order valence-corrected chi connectivity index (χ2v) is 6.40. The highest BCUT2D eigenvalue weighted by Gasteiger charge is 2.31. The molecule has 0 aromatic heterocycles. The smallest absolute Gasteiger partial charge is 0.416 e. The zero-order valence-electron chi connectivity index (χ0n) is 14.3. The topological polar surface area (TPSA) is 64.6 Å². The van der Waals surface area contributed by atoms with E-state index in [4.69, 9.17) is 32.7 Å². The number of amides is 1. The summed E-state index contributed by atoms with van der Waals surface area (Å²) in [6.45, 7) is 0.792. The quantitative estimate of drug-likeness (QED) is 0.651. The van der Waals surface area contributed by atoms with Crippen molar-refractivity contribution in [1.82, 2.24) is 0 Å². The SMILES string of the molecule is CC(OC(=O)COc1ccc(Cl)cc1)C(=O)Nc1cc(C(F)(F)F)ccc1Cl. The van der Waals surface area contributed by atoms with Crippen molar-refractivity contribution < 1.29 is 32.2 Å². The Bertz CT molecular complexity index is 857. The van der Waals surface area contributed by atoms with Gasteiger partial charge in [0.1, 0.15) is 5.75 Å². The van der Waals surface area contributed by atoms with Crippen LogP contribution in [0.3, 0.4) is 0 Å². The van der Waals surface area contributed by atoms with Gasteiger partial charge in [-0.1, -0.05) is 23.2 Å². The molecule has 0 aliphatic carbocycles. The summed E-state index contributed by atoms with van der Waals surface area (Å²) in [5, 5.41) is 2.61. The summed E-state index contributed by atoms with van der Waals surface area (Å²) in [4.78, 5) is 23.9. The predicted molar refractivity (Wildman–Crippen MR) is 97.6 cm³/mol. The first-order valence-corrected chi connectivity index (χ1v) is 8.57. The van der Waals surface area contributed by atoms with Crippen LogP contribution in [0.2, 0.25) is 10.0 Å². The van der Waals surface area contributed by atoms with E-state index in [2.05, 4.69) is 5.32 Å². The molecule has 0 aliphatic heterocycles. The molecule has 5 nitrogen and oxygen atoms in total. The summed E-state index contributed by atoms with van der Waals surface area (Å²) in [7, 11) is 0. The number of ether oxygens (including phenoxy) is 2. The first kappa shape index (κ1) is 21.8. The van der Waals surface area contributed by atoms with Crippen molar-refractivity contribution in [1.29, 1.82) is 0 Å². The van der Waals surface area contributed by atoms with Crippen molar-refractivity contribution >= 4 is 40.8 Å². The standard InChI is InChI=1S/C18H14Cl2F3NO4/c1-10(28-16(25)9-27-13-5-3-12(19)4-6-13)17(26)24-15-8-11(18(21,22)23)2-7-14(15)20/h2-8,10H,9H2,1H3,(H,24,26). The van der Waals surface area contributed by atoms with Gasteiger partial charge in [0.15, 0.2) is 12.7 Å². The van der Waals surface area contributed by atoms with E-state index in [9.17, 15) is 22.8 Å². The van der Waals surface area contributed by atoms with Gasteiger partial charge in [-0.25, -0.2) is 4.79 Å². The van der Waals surface area contributed by atoms with Crippen LogP contribution in [0.15, 0.2) is 42.5 Å². The largest absolute Gasteiger partial charge is 0.482 e. The van der Waals surface area contributed by atoms with Crippen LogP contribution in [0.25, 0.3) is 0 Å². The monoisotopic (exact) mass is 435 g/mol. The Balaban J connectivity index is 1.91. The molecule has 0 aliphatic rings. The first-order chi connectivity index (χ1) is 13.1. The van der Waals surface area contributed by atoms with E-state index in [-0.39, 0.29) is 10.7 Å². The summed E-state index contributed by atoms with van der Waals surface area (Å²) >= 11 is 11.5. The molecule has 2 aromatic rings. The van der Waals surface area contributed by atoms with E-state index >= 15 is 0 Å². The third kappa shape index (κ3) is 6.31. The number of halogens is 5. The summed E-state index contributed by atoms with van der Waals surface area (Å²) in [5.41, 5.74) is -1.23. The number of carbonyl (C=O) groups excluding carboxylic acids is 2. The van der Waals surface area contributed by atoms with Gasteiger partial charge in [0, 0.05) is 5.02 Å². The van der Waals surface area contributed by atoms with Gasteiger partial charge in [0.25, 0.3) is 5.91 Å². The van der Waals surface area contributed by atoms with Crippen LogP contribution in [0.5, 0.6) is 5.75 Å². The molecule has 2 rings (SSSR count). The van der Waals surface area contributed by atoms with Gasteiger partial charge in [-0.15, -0.1) is 0 Å². The number of carbonyl (C=O) groups is 2. The van der Waals surface area contributed by atoms with E-state index in [0.29, 0.717) is 16.8 Å². The van der Waals surface area contributed by atoms with Gasteiger partial charge in [0.2, 0.25) is 0 Å². The van der Waals surface area contributed by atoms with Gasteiger partial charge in [-0.3, -0.25) is 4.79 Å². The maximum Gasteiger partial charge on any atom is 0.416 e. The Labute approximate surface area is 168 Å². The molecule has 150 valence electrons. The molecule has 1 unspecified atom stereocenters. The van der Waals surface area contributed by atoms with Crippen LogP contribution in [-0.2, 0) is 20.5 Å². The van der Waals surface area contributed by atoms with Crippen LogP contribution in [-0.4, -0.2) is 24.6 Å². The fourth-order valence-electron chi connectivity index (χ4n) is 1.99. The Hall–Kier alpha value is -2.45. The van der Waals surface area contributed by atoms with Crippen molar-refractivity contribution in [3.8, 4) is 5.75 Å². The van der Waals surface area contributed by atoms with E-state index in [1.165, 1.54) is 6.92 Å². The molecule has 1 atom stereocenters. The molecular weight excluding hydrogens is 422 g/mol. The molecule has 0 radical (unpaired) electrons. The maximum atomic E-state index is 12.8. The molecule has 0 bridgehead atoms. The third-order valence-corrected chi connectivity index (χ3v) is 3.98. The highest BCUT2D eigenvalue weighted by Crippen LogP contribution is 2.33. The van der Waals surface area contributed by atoms with Crippen molar-refractivity contribution in [2.75, 3.05) is 11.9 Å². The van der Waals surface area contributed by atoms with Crippen LogP contribution < -0.4 is 10.1 Å². The summed E-state index contributed by atoms with van der Waals surface area (Å²) in [6.07, 6.45) is -5.88. The fraction of sp³-hybridized carbons (Fsp3) is 0.222. The summed E-state index contributed by atoms with van der Waals surface area (Å²) in [5.74, 6) is -1.32. The molecule has 1 amide bonds. The first-order valence-electron chi connectivity index (χ1n) is 7.81. The van der Waals surface area contributed by atoms with Gasteiger partial charge in [-0.05, 0) is 49.4 Å². The summed E-state index contributed by atoms with van der Waals surface area (Å²) in [6, 6.07) is 8.71. The molecule has 1 N–H and O–H groups in total. The average Bonchev–Trinajstić information content (AvgIpc) is 2.62. The minimum Gasteiger partial charge on any atom is -0.482 e. The summed E-state index contributed by atoms with van der Waals surface area (Å²) < 4.78 is 48.4. The lowest BCUT2D eigenvalue weighted by Crippen LogP contribution is -2.31. The number of nitrogens with one attached hydrogen (secondary N) is 1. The van der Waals surface area contributed by atoms with Crippen LogP contribution in [0, 0.1) is 0 Å². The van der Waals surface area contributed by atoms with E-state index < -0.39 is 36.3 Å². The predicted octanol–water partition coefficient (Wildman–Crippen LogP) is 4.96. The third-order valence-electron chi connectivity index (χ3n) is 3.40. The Kier molecular flexibility index (Phi) is 7.15. The van der Waals surface area contributed by atoms with Crippen molar-refractivity contribution in [2.45, 2.75) is 19.2 Å². The highest BCUT2D eigenvalue weighted by molar-refractivity contribution is 6.33. The molecule has 0 saturated carbocycles. The van der Waals surface area contributed by atoms with Crippen molar-refractivity contribution in [3.63, 3.8) is 0 Å². The number of esters is 1. The van der Waals surface area contributed by atoms with Gasteiger partial charge >= 0.3 is 12.1 Å². The van der Waals surface area contributed by atoms with Crippen molar-refractivity contribution in [2.24, 2.45) is 0 Å². The molecule has 10 heteroatoms. The highest BCUT2D eigenvalue weighted by atomic mass is 35.5. The van der Waals surface area contributed by atoms with Gasteiger partial charge in [0.05, 0.1) is 16.3 Å². The molecule has 0 saturated heterocycles. The fourth-order valence-corrected chi connectivity index (χ4v) is 2.28. The number of anilines is 1. The number of hydrogen-bond acceptors (Lipinski definition) is 4. The molecular formula is C18H14Cl2F3NO4.